The highest BCUT2D eigenvalue weighted by Gasteiger charge is 2.19. The molecule has 0 bridgehead atoms. The molecule has 1 aliphatic rings. The molecule has 0 radical (unpaired) electrons. The van der Waals surface area contributed by atoms with Gasteiger partial charge in [-0.1, -0.05) is 48.9 Å². The fourth-order valence-corrected chi connectivity index (χ4v) is 4.81. The van der Waals surface area contributed by atoms with Crippen LogP contribution in [-0.4, -0.2) is 5.97 Å². The Kier molecular flexibility index (Phi) is 6.41. The molecule has 31 heavy (non-hydrogen) atoms. The highest BCUT2D eigenvalue weighted by atomic mass is 16.5. The van der Waals surface area contributed by atoms with Crippen LogP contribution in [0.3, 0.4) is 0 Å². The van der Waals surface area contributed by atoms with Gasteiger partial charge in [0.2, 0.25) is 0 Å². The normalized spacial score (nSPS) is 15.7. The Bertz CT molecular complexity index is 1060. The number of aliphatic carboxylic acids is 1. The lowest BCUT2D eigenvalue weighted by molar-refractivity contribution is -0.306. The summed E-state index contributed by atoms with van der Waals surface area (Å²) in [6, 6.07) is 21.0. The van der Waals surface area contributed by atoms with Crippen LogP contribution in [0, 0.1) is 13.8 Å². The second kappa shape index (κ2) is 9.38. The smallest absolute Gasteiger partial charge is 0.120 e. The summed E-state index contributed by atoms with van der Waals surface area (Å²) in [5, 5.41) is 11.2. The number of benzene rings is 3. The van der Waals surface area contributed by atoms with Gasteiger partial charge in [0, 0.05) is 5.97 Å². The van der Waals surface area contributed by atoms with Crippen molar-refractivity contribution in [1.82, 2.24) is 0 Å². The molecule has 0 aromatic heterocycles. The van der Waals surface area contributed by atoms with Gasteiger partial charge in [-0.3, -0.25) is 0 Å². The summed E-state index contributed by atoms with van der Waals surface area (Å²) < 4.78 is 6.14. The molecule has 1 unspecified atom stereocenters. The minimum absolute atomic E-state index is 0.0468. The van der Waals surface area contributed by atoms with Gasteiger partial charge >= 0.3 is 0 Å². The first-order valence-electron chi connectivity index (χ1n) is 11.1. The van der Waals surface area contributed by atoms with Crippen LogP contribution in [0.1, 0.15) is 59.4 Å². The van der Waals surface area contributed by atoms with Gasteiger partial charge in [0.1, 0.15) is 12.4 Å². The van der Waals surface area contributed by atoms with E-state index in [1.54, 1.807) is 0 Å². The van der Waals surface area contributed by atoms with Crippen LogP contribution < -0.4 is 9.84 Å². The quantitative estimate of drug-likeness (QED) is 0.502. The summed E-state index contributed by atoms with van der Waals surface area (Å²) >= 11 is 0. The molecule has 160 valence electrons. The fraction of sp³-hybridized carbons (Fsp3) is 0.321. The van der Waals surface area contributed by atoms with E-state index in [-0.39, 0.29) is 12.3 Å². The molecule has 3 heteroatoms. The van der Waals surface area contributed by atoms with Crippen molar-refractivity contribution in [2.75, 3.05) is 0 Å². The summed E-state index contributed by atoms with van der Waals surface area (Å²) in [6.45, 7) is 4.80. The third kappa shape index (κ3) is 4.99. The van der Waals surface area contributed by atoms with Crippen LogP contribution in [-0.2, 0) is 17.8 Å². The number of carboxylic acid groups (broad SMARTS) is 1. The number of hydrogen-bond donors (Lipinski definition) is 0. The second-order valence-corrected chi connectivity index (χ2v) is 8.64. The van der Waals surface area contributed by atoms with Crippen molar-refractivity contribution < 1.29 is 14.6 Å². The highest BCUT2D eigenvalue weighted by Crippen LogP contribution is 2.35. The Hall–Kier alpha value is -3.07. The summed E-state index contributed by atoms with van der Waals surface area (Å²) in [5.41, 5.74) is 8.53. The molecule has 3 aromatic rings. The maximum absolute atomic E-state index is 11.2. The molecule has 0 fully saturated rings. The molecule has 0 amide bonds. The van der Waals surface area contributed by atoms with E-state index in [2.05, 4.69) is 68.4 Å². The molecule has 0 saturated carbocycles. The maximum atomic E-state index is 11.2. The Morgan fingerprint density at radius 3 is 2.55 bits per heavy atom. The minimum Gasteiger partial charge on any atom is -0.550 e. The fourth-order valence-electron chi connectivity index (χ4n) is 4.81. The first kappa shape index (κ1) is 21.2. The Balaban J connectivity index is 1.51. The van der Waals surface area contributed by atoms with Crippen molar-refractivity contribution in [3.63, 3.8) is 0 Å². The lowest BCUT2D eigenvalue weighted by atomic mass is 9.90. The molecular weight excluding hydrogens is 384 g/mol. The second-order valence-electron chi connectivity index (χ2n) is 8.64. The highest BCUT2D eigenvalue weighted by molar-refractivity contribution is 5.71. The average Bonchev–Trinajstić information content (AvgIpc) is 2.94. The van der Waals surface area contributed by atoms with Gasteiger partial charge in [-0.05, 0) is 103 Å². The van der Waals surface area contributed by atoms with Crippen LogP contribution in [0.5, 0.6) is 5.75 Å². The van der Waals surface area contributed by atoms with E-state index < -0.39 is 5.97 Å². The largest absolute Gasteiger partial charge is 0.550 e. The predicted octanol–water partition coefficient (Wildman–Crippen LogP) is 5.50. The molecule has 0 saturated heterocycles. The van der Waals surface area contributed by atoms with E-state index in [1.165, 1.54) is 27.8 Å². The van der Waals surface area contributed by atoms with Crippen LogP contribution in [0.25, 0.3) is 11.1 Å². The Labute approximate surface area is 184 Å². The van der Waals surface area contributed by atoms with Gasteiger partial charge in [0.05, 0.1) is 0 Å². The van der Waals surface area contributed by atoms with Crippen molar-refractivity contribution >= 4 is 5.97 Å². The van der Waals surface area contributed by atoms with Crippen molar-refractivity contribution in [1.29, 1.82) is 0 Å². The molecule has 3 nitrogen and oxygen atoms in total. The summed E-state index contributed by atoms with van der Waals surface area (Å²) in [5.74, 6) is -0.0853. The van der Waals surface area contributed by atoms with Gasteiger partial charge in [-0.25, -0.2) is 0 Å². The van der Waals surface area contributed by atoms with Gasteiger partial charge in [-0.15, -0.1) is 0 Å². The van der Waals surface area contributed by atoms with E-state index >= 15 is 0 Å². The van der Waals surface area contributed by atoms with E-state index in [1.807, 2.05) is 6.07 Å². The average molecular weight is 414 g/mol. The molecule has 1 atom stereocenters. The van der Waals surface area contributed by atoms with Crippen LogP contribution in [0.4, 0.5) is 0 Å². The molecule has 0 aliphatic heterocycles. The third-order valence-electron chi connectivity index (χ3n) is 6.32. The zero-order valence-electron chi connectivity index (χ0n) is 18.3. The standard InChI is InChI=1S/C28H30O3/c1-19-7-5-8-20(2)28(19)24-12-6-9-21(15-24)18-31-25-13-14-26-22(16-25)10-3-4-11-23(26)17-27(29)30/h5-9,12-16,23H,3-4,10-11,17-18H2,1-2H3,(H,29,30)/p-1. The van der Waals surface area contributed by atoms with Crippen LogP contribution in [0.2, 0.25) is 0 Å². The molecule has 1 aliphatic carbocycles. The zero-order valence-corrected chi connectivity index (χ0v) is 18.3. The van der Waals surface area contributed by atoms with E-state index in [0.29, 0.717) is 6.61 Å². The molecule has 0 N–H and O–H groups in total. The predicted molar refractivity (Wildman–Crippen MR) is 122 cm³/mol. The lowest BCUT2D eigenvalue weighted by Crippen LogP contribution is -2.24. The van der Waals surface area contributed by atoms with E-state index in [9.17, 15) is 9.90 Å². The van der Waals surface area contributed by atoms with Crippen LogP contribution >= 0.6 is 0 Å². The van der Waals surface area contributed by atoms with Crippen molar-refractivity contribution in [3.8, 4) is 16.9 Å². The molecule has 0 spiro atoms. The number of rotatable bonds is 6. The molecule has 3 aromatic carbocycles. The van der Waals surface area contributed by atoms with Gasteiger partial charge in [0.15, 0.2) is 0 Å². The number of fused-ring (bicyclic) bond motifs is 1. The summed E-state index contributed by atoms with van der Waals surface area (Å²) in [6.07, 6.45) is 4.11. The molecular formula is C28H29O3-. The monoisotopic (exact) mass is 413 g/mol. The topological polar surface area (TPSA) is 49.4 Å². The number of ether oxygens (including phenoxy) is 1. The maximum Gasteiger partial charge on any atom is 0.120 e. The van der Waals surface area contributed by atoms with Crippen LogP contribution in [0.15, 0.2) is 60.7 Å². The first-order valence-corrected chi connectivity index (χ1v) is 11.1. The first-order chi connectivity index (χ1) is 15.0. The summed E-state index contributed by atoms with van der Waals surface area (Å²) in [7, 11) is 0. The zero-order chi connectivity index (χ0) is 21.8. The SMILES string of the molecule is Cc1cccc(C)c1-c1cccc(COc2ccc3c(c2)CCCCC3CC(=O)[O-])c1. The number of carboxylic acids is 1. The third-order valence-corrected chi connectivity index (χ3v) is 6.32. The lowest BCUT2D eigenvalue weighted by Gasteiger charge is -2.19. The summed E-state index contributed by atoms with van der Waals surface area (Å²) in [4.78, 5) is 11.2. The molecule has 0 heterocycles. The molecule has 4 rings (SSSR count). The van der Waals surface area contributed by atoms with E-state index in [0.717, 1.165) is 42.6 Å². The van der Waals surface area contributed by atoms with Gasteiger partial charge in [-0.2, -0.15) is 0 Å². The van der Waals surface area contributed by atoms with Crippen molar-refractivity contribution in [2.45, 2.75) is 58.5 Å². The number of hydrogen-bond acceptors (Lipinski definition) is 3. The van der Waals surface area contributed by atoms with E-state index in [4.69, 9.17) is 4.74 Å². The van der Waals surface area contributed by atoms with Gasteiger partial charge < -0.3 is 14.6 Å². The number of carbonyl (C=O) groups is 1. The number of carbonyl (C=O) groups excluding carboxylic acids is 1. The minimum atomic E-state index is -0.970. The van der Waals surface area contributed by atoms with Crippen molar-refractivity contribution in [3.05, 3.63) is 88.5 Å². The van der Waals surface area contributed by atoms with Crippen molar-refractivity contribution in [2.24, 2.45) is 0 Å². The Morgan fingerprint density at radius 1 is 1.00 bits per heavy atom. The Morgan fingerprint density at radius 2 is 1.77 bits per heavy atom. The number of aryl methyl sites for hydroxylation is 3. The van der Waals surface area contributed by atoms with Gasteiger partial charge in [0.25, 0.3) is 0 Å².